The molecule has 2 aromatic rings. The minimum Gasteiger partial charge on any atom is -0.452 e. The lowest BCUT2D eigenvalue weighted by atomic mass is 10.1. The van der Waals surface area contributed by atoms with Crippen molar-refractivity contribution in [3.63, 3.8) is 0 Å². The molecule has 0 saturated carbocycles. The quantitative estimate of drug-likeness (QED) is 0.562. The first-order valence-corrected chi connectivity index (χ1v) is 8.04. The number of aryl methyl sites for hydroxylation is 2. The molecule has 0 unspecified atom stereocenters. The SMILES string of the molecule is Cc1ccc(NC(=O)NC(=O)COC(=O)c2ccc(Cl)cc2N)c(C)c1. The molecule has 2 rings (SSSR count). The molecule has 4 N–H and O–H groups in total. The predicted octanol–water partition coefficient (Wildman–Crippen LogP) is 3.04. The van der Waals surface area contributed by atoms with Crippen molar-refractivity contribution in [1.29, 1.82) is 0 Å². The number of anilines is 2. The van der Waals surface area contributed by atoms with E-state index in [2.05, 4.69) is 10.6 Å². The molecule has 0 radical (unpaired) electrons. The lowest BCUT2D eigenvalue weighted by Gasteiger charge is -2.10. The maximum absolute atomic E-state index is 11.9. The summed E-state index contributed by atoms with van der Waals surface area (Å²) < 4.78 is 4.85. The van der Waals surface area contributed by atoms with Crippen LogP contribution in [0.25, 0.3) is 0 Å². The molecule has 136 valence electrons. The Kier molecular flexibility index (Phi) is 6.19. The summed E-state index contributed by atoms with van der Waals surface area (Å²) in [6, 6.07) is 9.02. The van der Waals surface area contributed by atoms with Crippen LogP contribution in [0, 0.1) is 13.8 Å². The molecular weight excluding hydrogens is 358 g/mol. The summed E-state index contributed by atoms with van der Waals surface area (Å²) in [5.74, 6) is -1.56. The van der Waals surface area contributed by atoms with Gasteiger partial charge in [-0.05, 0) is 43.7 Å². The molecule has 26 heavy (non-hydrogen) atoms. The molecule has 0 atom stereocenters. The summed E-state index contributed by atoms with van der Waals surface area (Å²) in [4.78, 5) is 35.5. The van der Waals surface area contributed by atoms with Crippen LogP contribution in [0.4, 0.5) is 16.2 Å². The Morgan fingerprint density at radius 1 is 1.12 bits per heavy atom. The van der Waals surface area contributed by atoms with Crippen LogP contribution >= 0.6 is 11.6 Å². The zero-order valence-corrected chi connectivity index (χ0v) is 15.0. The van der Waals surface area contributed by atoms with Crippen LogP contribution in [0.15, 0.2) is 36.4 Å². The molecule has 0 aliphatic heterocycles. The highest BCUT2D eigenvalue weighted by Crippen LogP contribution is 2.19. The van der Waals surface area contributed by atoms with E-state index in [1.165, 1.54) is 18.2 Å². The standard InChI is InChI=1S/C18H18ClN3O4/c1-10-3-6-15(11(2)7-10)21-18(25)22-16(23)9-26-17(24)13-5-4-12(19)8-14(13)20/h3-8H,9,20H2,1-2H3,(H2,21,22,23,25). The minimum absolute atomic E-state index is 0.0851. The highest BCUT2D eigenvalue weighted by Gasteiger charge is 2.15. The summed E-state index contributed by atoms with van der Waals surface area (Å²) in [6.07, 6.45) is 0. The van der Waals surface area contributed by atoms with Gasteiger partial charge in [-0.25, -0.2) is 9.59 Å². The average Bonchev–Trinajstić information content (AvgIpc) is 2.55. The molecule has 0 fully saturated rings. The van der Waals surface area contributed by atoms with Crippen molar-refractivity contribution >= 4 is 40.9 Å². The van der Waals surface area contributed by atoms with Gasteiger partial charge < -0.3 is 15.8 Å². The monoisotopic (exact) mass is 375 g/mol. The van der Waals surface area contributed by atoms with Gasteiger partial charge in [0.1, 0.15) is 0 Å². The fourth-order valence-electron chi connectivity index (χ4n) is 2.20. The molecule has 8 heteroatoms. The topological polar surface area (TPSA) is 111 Å². The Morgan fingerprint density at radius 3 is 2.50 bits per heavy atom. The second kappa shape index (κ2) is 8.35. The first-order chi connectivity index (χ1) is 12.3. The third kappa shape index (κ3) is 5.22. The molecule has 0 aromatic heterocycles. The van der Waals surface area contributed by atoms with Crippen LogP contribution in [-0.2, 0) is 9.53 Å². The van der Waals surface area contributed by atoms with E-state index in [0.717, 1.165) is 11.1 Å². The van der Waals surface area contributed by atoms with Crippen LogP contribution in [0.1, 0.15) is 21.5 Å². The number of imide groups is 1. The number of nitrogen functional groups attached to an aromatic ring is 1. The molecule has 7 nitrogen and oxygen atoms in total. The number of carbonyl (C=O) groups excluding carboxylic acids is 3. The molecule has 0 aliphatic carbocycles. The number of hydrogen-bond acceptors (Lipinski definition) is 5. The molecule has 0 spiro atoms. The smallest absolute Gasteiger partial charge is 0.340 e. The van der Waals surface area contributed by atoms with Crippen molar-refractivity contribution in [1.82, 2.24) is 5.32 Å². The fourth-order valence-corrected chi connectivity index (χ4v) is 2.38. The van der Waals surface area contributed by atoms with Crippen molar-refractivity contribution in [2.75, 3.05) is 17.7 Å². The van der Waals surface area contributed by atoms with Gasteiger partial charge in [0.2, 0.25) is 0 Å². The number of ether oxygens (including phenoxy) is 1. The minimum atomic E-state index is -0.788. The van der Waals surface area contributed by atoms with Crippen molar-refractivity contribution < 1.29 is 19.1 Å². The fraction of sp³-hybridized carbons (Fsp3) is 0.167. The predicted molar refractivity (Wildman–Crippen MR) is 99.2 cm³/mol. The Hall–Kier alpha value is -3.06. The Morgan fingerprint density at radius 2 is 1.85 bits per heavy atom. The number of hydrogen-bond donors (Lipinski definition) is 3. The lowest BCUT2D eigenvalue weighted by molar-refractivity contribution is -0.123. The summed E-state index contributed by atoms with van der Waals surface area (Å²) in [6.45, 7) is 3.14. The van der Waals surface area contributed by atoms with Gasteiger partial charge in [-0.1, -0.05) is 29.3 Å². The van der Waals surface area contributed by atoms with Gasteiger partial charge in [0.15, 0.2) is 6.61 Å². The Bertz CT molecular complexity index is 868. The van der Waals surface area contributed by atoms with Gasteiger partial charge >= 0.3 is 12.0 Å². The Balaban J connectivity index is 1.86. The third-order valence-electron chi connectivity index (χ3n) is 3.45. The summed E-state index contributed by atoms with van der Waals surface area (Å²) in [5.41, 5.74) is 8.38. The van der Waals surface area contributed by atoms with E-state index in [9.17, 15) is 14.4 Å². The van der Waals surface area contributed by atoms with Gasteiger partial charge in [-0.3, -0.25) is 10.1 Å². The molecular formula is C18H18ClN3O4. The van der Waals surface area contributed by atoms with Crippen molar-refractivity contribution in [2.45, 2.75) is 13.8 Å². The zero-order chi connectivity index (χ0) is 19.3. The number of benzene rings is 2. The first kappa shape index (κ1) is 19.3. The second-order valence-corrected chi connectivity index (χ2v) is 6.06. The number of esters is 1. The molecule has 3 amide bonds. The lowest BCUT2D eigenvalue weighted by Crippen LogP contribution is -2.37. The van der Waals surface area contributed by atoms with Crippen LogP contribution in [0.5, 0.6) is 0 Å². The average molecular weight is 376 g/mol. The summed E-state index contributed by atoms with van der Waals surface area (Å²) in [7, 11) is 0. The van der Waals surface area contributed by atoms with E-state index in [1.54, 1.807) is 6.07 Å². The van der Waals surface area contributed by atoms with Gasteiger partial charge in [0.05, 0.1) is 5.56 Å². The second-order valence-electron chi connectivity index (χ2n) is 5.63. The van der Waals surface area contributed by atoms with Crippen LogP contribution in [0.2, 0.25) is 5.02 Å². The molecule has 0 bridgehead atoms. The van der Waals surface area contributed by atoms with E-state index in [4.69, 9.17) is 22.1 Å². The van der Waals surface area contributed by atoms with Gasteiger partial charge in [-0.15, -0.1) is 0 Å². The van der Waals surface area contributed by atoms with Crippen LogP contribution in [0.3, 0.4) is 0 Å². The number of nitrogens with one attached hydrogen (secondary N) is 2. The van der Waals surface area contributed by atoms with Gasteiger partial charge in [0, 0.05) is 16.4 Å². The Labute approximate surface area is 155 Å². The van der Waals surface area contributed by atoms with E-state index < -0.39 is 24.5 Å². The zero-order valence-electron chi connectivity index (χ0n) is 14.3. The highest BCUT2D eigenvalue weighted by molar-refractivity contribution is 6.31. The largest absolute Gasteiger partial charge is 0.452 e. The highest BCUT2D eigenvalue weighted by atomic mass is 35.5. The van der Waals surface area contributed by atoms with Crippen molar-refractivity contribution in [3.05, 3.63) is 58.1 Å². The maximum Gasteiger partial charge on any atom is 0.340 e. The number of nitrogens with two attached hydrogens (primary N) is 1. The van der Waals surface area contributed by atoms with E-state index in [-0.39, 0.29) is 11.3 Å². The third-order valence-corrected chi connectivity index (χ3v) is 3.69. The van der Waals surface area contributed by atoms with Gasteiger partial charge in [0.25, 0.3) is 5.91 Å². The maximum atomic E-state index is 11.9. The first-order valence-electron chi connectivity index (χ1n) is 7.66. The summed E-state index contributed by atoms with van der Waals surface area (Å²) in [5, 5.41) is 5.01. The summed E-state index contributed by atoms with van der Waals surface area (Å²) >= 11 is 5.75. The van der Waals surface area contributed by atoms with E-state index in [1.807, 2.05) is 26.0 Å². The number of amides is 3. The van der Waals surface area contributed by atoms with Crippen LogP contribution < -0.4 is 16.4 Å². The number of carbonyl (C=O) groups is 3. The molecule has 0 saturated heterocycles. The number of rotatable bonds is 4. The van der Waals surface area contributed by atoms with Crippen molar-refractivity contribution in [3.8, 4) is 0 Å². The molecule has 0 aliphatic rings. The van der Waals surface area contributed by atoms with Crippen LogP contribution in [-0.4, -0.2) is 24.5 Å². The van der Waals surface area contributed by atoms with Crippen molar-refractivity contribution in [2.24, 2.45) is 0 Å². The van der Waals surface area contributed by atoms with E-state index in [0.29, 0.717) is 10.7 Å². The number of halogens is 1. The molecule has 0 heterocycles. The van der Waals surface area contributed by atoms with E-state index >= 15 is 0 Å². The normalized spacial score (nSPS) is 10.1. The number of urea groups is 1. The van der Waals surface area contributed by atoms with Gasteiger partial charge in [-0.2, -0.15) is 0 Å². The molecule has 2 aromatic carbocycles.